The fourth-order valence-corrected chi connectivity index (χ4v) is 1.69. The molecule has 1 amide bonds. The van der Waals surface area contributed by atoms with E-state index in [2.05, 4.69) is 10.5 Å². The van der Waals surface area contributed by atoms with Gasteiger partial charge in [0.25, 0.3) is 11.6 Å². The molecular formula is C15H13N3O3. The Labute approximate surface area is 121 Å². The lowest BCUT2D eigenvalue weighted by atomic mass is 10.2. The number of benzene rings is 2. The fourth-order valence-electron chi connectivity index (χ4n) is 1.69. The molecule has 2 rings (SSSR count). The number of nitrogens with one attached hydrogen (secondary N) is 1. The first-order chi connectivity index (χ1) is 10.2. The van der Waals surface area contributed by atoms with Crippen molar-refractivity contribution < 1.29 is 9.72 Å². The van der Waals surface area contributed by atoms with Crippen molar-refractivity contribution in [3.8, 4) is 0 Å². The summed E-state index contributed by atoms with van der Waals surface area (Å²) >= 11 is 0. The highest BCUT2D eigenvalue weighted by Crippen LogP contribution is 2.12. The second-order valence-electron chi connectivity index (χ2n) is 4.25. The number of carbonyl (C=O) groups is 1. The number of non-ortho nitro benzene ring substituents is 1. The van der Waals surface area contributed by atoms with E-state index in [0.717, 1.165) is 5.56 Å². The minimum atomic E-state index is -0.546. The first-order valence-corrected chi connectivity index (χ1v) is 6.27. The van der Waals surface area contributed by atoms with Gasteiger partial charge in [0.15, 0.2) is 0 Å². The Morgan fingerprint density at radius 3 is 2.67 bits per heavy atom. The van der Waals surface area contributed by atoms with Gasteiger partial charge in [0.1, 0.15) is 0 Å². The summed E-state index contributed by atoms with van der Waals surface area (Å²) in [7, 11) is 0. The molecule has 2 aromatic rings. The van der Waals surface area contributed by atoms with Gasteiger partial charge >= 0.3 is 0 Å². The first kappa shape index (κ1) is 14.4. The third-order valence-electron chi connectivity index (χ3n) is 2.75. The summed E-state index contributed by atoms with van der Waals surface area (Å²) in [5, 5.41) is 14.5. The van der Waals surface area contributed by atoms with Gasteiger partial charge in [-0.25, -0.2) is 5.43 Å². The Kier molecular flexibility index (Phi) is 4.76. The van der Waals surface area contributed by atoms with Gasteiger partial charge in [-0.05, 0) is 11.6 Å². The molecule has 6 nitrogen and oxygen atoms in total. The molecule has 0 aromatic heterocycles. The van der Waals surface area contributed by atoms with Crippen LogP contribution in [0, 0.1) is 10.1 Å². The Hall–Kier alpha value is -3.02. The van der Waals surface area contributed by atoms with Crippen molar-refractivity contribution in [1.82, 2.24) is 5.43 Å². The summed E-state index contributed by atoms with van der Waals surface area (Å²) in [5.41, 5.74) is 3.48. The predicted molar refractivity (Wildman–Crippen MR) is 79.2 cm³/mol. The third-order valence-corrected chi connectivity index (χ3v) is 2.75. The number of carbonyl (C=O) groups excluding carboxylic acids is 1. The highest BCUT2D eigenvalue weighted by molar-refractivity contribution is 5.94. The first-order valence-electron chi connectivity index (χ1n) is 6.27. The molecule has 106 valence electrons. The van der Waals surface area contributed by atoms with Gasteiger partial charge in [-0.1, -0.05) is 36.4 Å². The lowest BCUT2D eigenvalue weighted by molar-refractivity contribution is -0.384. The van der Waals surface area contributed by atoms with Crippen molar-refractivity contribution >= 4 is 17.8 Å². The summed E-state index contributed by atoms with van der Waals surface area (Å²) in [6, 6.07) is 15.2. The van der Waals surface area contributed by atoms with Crippen LogP contribution in [0.5, 0.6) is 0 Å². The van der Waals surface area contributed by atoms with Crippen LogP contribution in [0.15, 0.2) is 59.7 Å². The van der Waals surface area contributed by atoms with E-state index in [4.69, 9.17) is 0 Å². The minimum Gasteiger partial charge on any atom is -0.267 e. The Morgan fingerprint density at radius 2 is 1.95 bits per heavy atom. The summed E-state index contributed by atoms with van der Waals surface area (Å²) in [6.07, 6.45) is 2.17. The Morgan fingerprint density at radius 1 is 1.19 bits per heavy atom. The van der Waals surface area contributed by atoms with Gasteiger partial charge in [-0.3, -0.25) is 14.9 Å². The van der Waals surface area contributed by atoms with Crippen LogP contribution in [0.3, 0.4) is 0 Å². The fraction of sp³-hybridized carbons (Fsp3) is 0.0667. The third kappa shape index (κ3) is 4.24. The number of hydrogen-bond donors (Lipinski definition) is 1. The molecular weight excluding hydrogens is 270 g/mol. The number of rotatable bonds is 5. The molecule has 0 unspecified atom stereocenters. The highest BCUT2D eigenvalue weighted by atomic mass is 16.6. The second kappa shape index (κ2) is 6.95. The average molecular weight is 283 g/mol. The lowest BCUT2D eigenvalue weighted by Crippen LogP contribution is -2.17. The van der Waals surface area contributed by atoms with E-state index in [1.54, 1.807) is 6.21 Å². The summed E-state index contributed by atoms with van der Waals surface area (Å²) < 4.78 is 0. The van der Waals surface area contributed by atoms with Crippen molar-refractivity contribution in [2.45, 2.75) is 6.42 Å². The highest BCUT2D eigenvalue weighted by Gasteiger charge is 2.10. The summed E-state index contributed by atoms with van der Waals surface area (Å²) in [6.45, 7) is 0. The monoisotopic (exact) mass is 283 g/mol. The summed E-state index contributed by atoms with van der Waals surface area (Å²) in [5.74, 6) is -0.483. The summed E-state index contributed by atoms with van der Waals surface area (Å²) in [4.78, 5) is 21.9. The molecule has 21 heavy (non-hydrogen) atoms. The molecule has 0 heterocycles. The second-order valence-corrected chi connectivity index (χ2v) is 4.25. The maximum absolute atomic E-state index is 11.8. The van der Waals surface area contributed by atoms with E-state index >= 15 is 0 Å². The molecule has 0 saturated carbocycles. The van der Waals surface area contributed by atoms with E-state index < -0.39 is 10.8 Å². The number of hydrazone groups is 1. The van der Waals surface area contributed by atoms with Crippen LogP contribution < -0.4 is 5.43 Å². The van der Waals surface area contributed by atoms with E-state index in [-0.39, 0.29) is 11.3 Å². The predicted octanol–water partition coefficient (Wildman–Crippen LogP) is 2.55. The van der Waals surface area contributed by atoms with Crippen LogP contribution in [0.1, 0.15) is 15.9 Å². The molecule has 0 bridgehead atoms. The molecule has 0 atom stereocenters. The number of amides is 1. The smallest absolute Gasteiger partial charge is 0.267 e. The molecule has 0 aliphatic rings. The van der Waals surface area contributed by atoms with Crippen molar-refractivity contribution in [2.75, 3.05) is 0 Å². The van der Waals surface area contributed by atoms with E-state index in [0.29, 0.717) is 6.42 Å². The number of nitro benzene ring substituents is 1. The Balaban J connectivity index is 1.92. The zero-order valence-corrected chi connectivity index (χ0v) is 11.1. The molecule has 0 spiro atoms. The van der Waals surface area contributed by atoms with Gasteiger partial charge in [-0.15, -0.1) is 0 Å². The zero-order chi connectivity index (χ0) is 15.1. The standard InChI is InChI=1S/C15H13N3O3/c19-15(13-7-4-8-14(11-13)18(20)21)17-16-10-9-12-5-2-1-3-6-12/h1-8,10-11H,9H2,(H,17,19)/b16-10+. The zero-order valence-electron chi connectivity index (χ0n) is 11.1. The van der Waals surface area contributed by atoms with Crippen LogP contribution in [0.2, 0.25) is 0 Å². The van der Waals surface area contributed by atoms with Gasteiger partial charge < -0.3 is 0 Å². The van der Waals surface area contributed by atoms with Crippen molar-refractivity contribution in [1.29, 1.82) is 0 Å². The van der Waals surface area contributed by atoms with Crippen LogP contribution in [-0.4, -0.2) is 17.0 Å². The normalized spacial score (nSPS) is 10.5. The number of nitrogens with zero attached hydrogens (tertiary/aromatic N) is 2. The van der Waals surface area contributed by atoms with Gasteiger partial charge in [0.05, 0.1) is 4.92 Å². The maximum Gasteiger partial charge on any atom is 0.271 e. The molecule has 1 N–H and O–H groups in total. The van der Waals surface area contributed by atoms with Crippen LogP contribution in [0.4, 0.5) is 5.69 Å². The SMILES string of the molecule is O=C(N/N=C/Cc1ccccc1)c1cccc([N+](=O)[O-])c1. The molecule has 0 aliphatic carbocycles. The topological polar surface area (TPSA) is 84.6 Å². The number of hydrogen-bond acceptors (Lipinski definition) is 4. The number of nitro groups is 1. The molecule has 0 fully saturated rings. The van der Waals surface area contributed by atoms with Crippen molar-refractivity contribution in [3.05, 3.63) is 75.8 Å². The van der Waals surface area contributed by atoms with E-state index in [9.17, 15) is 14.9 Å². The molecule has 0 radical (unpaired) electrons. The van der Waals surface area contributed by atoms with E-state index in [1.165, 1.54) is 24.3 Å². The average Bonchev–Trinajstić information content (AvgIpc) is 2.52. The maximum atomic E-state index is 11.8. The van der Waals surface area contributed by atoms with Crippen molar-refractivity contribution in [3.63, 3.8) is 0 Å². The largest absolute Gasteiger partial charge is 0.271 e. The van der Waals surface area contributed by atoms with E-state index in [1.807, 2.05) is 30.3 Å². The molecule has 2 aromatic carbocycles. The molecule has 6 heteroatoms. The van der Waals surface area contributed by atoms with Crippen LogP contribution in [-0.2, 0) is 6.42 Å². The Bertz CT molecular complexity index is 669. The van der Waals surface area contributed by atoms with Crippen molar-refractivity contribution in [2.24, 2.45) is 5.10 Å². The van der Waals surface area contributed by atoms with Gasteiger partial charge in [0, 0.05) is 30.3 Å². The van der Waals surface area contributed by atoms with Gasteiger partial charge in [0.2, 0.25) is 0 Å². The lowest BCUT2D eigenvalue weighted by Gasteiger charge is -1.99. The molecule has 0 aliphatic heterocycles. The van der Waals surface area contributed by atoms with Crippen LogP contribution >= 0.6 is 0 Å². The van der Waals surface area contributed by atoms with Gasteiger partial charge in [-0.2, -0.15) is 5.10 Å². The quantitative estimate of drug-likeness (QED) is 0.520. The van der Waals surface area contributed by atoms with Crippen LogP contribution in [0.25, 0.3) is 0 Å². The minimum absolute atomic E-state index is 0.129. The molecule has 0 saturated heterocycles.